The third-order valence-electron chi connectivity index (χ3n) is 4.98. The summed E-state index contributed by atoms with van der Waals surface area (Å²) in [5.41, 5.74) is 6.59. The highest BCUT2D eigenvalue weighted by molar-refractivity contribution is 7.98. The zero-order valence-corrected chi connectivity index (χ0v) is 20.8. The Balaban J connectivity index is 2.88. The van der Waals surface area contributed by atoms with Gasteiger partial charge in [0.2, 0.25) is 17.7 Å². The van der Waals surface area contributed by atoms with Crippen LogP contribution in [0.2, 0.25) is 0 Å². The fourth-order valence-electron chi connectivity index (χ4n) is 2.86. The fourth-order valence-corrected chi connectivity index (χ4v) is 3.59. The van der Waals surface area contributed by atoms with Gasteiger partial charge in [0.1, 0.15) is 18.1 Å². The van der Waals surface area contributed by atoms with E-state index < -0.39 is 47.9 Å². The number of carbonyl (C=O) groups is 4. The summed E-state index contributed by atoms with van der Waals surface area (Å²) >= 11 is 5.62. The molecule has 33 heavy (non-hydrogen) atoms. The molecular formula is C22H34N4O5S2. The molecule has 0 saturated carbocycles. The van der Waals surface area contributed by atoms with Crippen LogP contribution in [-0.4, -0.2) is 70.7 Å². The molecule has 9 nitrogen and oxygen atoms in total. The molecule has 6 N–H and O–H groups in total. The van der Waals surface area contributed by atoms with Crippen molar-refractivity contribution in [1.29, 1.82) is 0 Å². The van der Waals surface area contributed by atoms with E-state index >= 15 is 0 Å². The Labute approximate surface area is 204 Å². The third kappa shape index (κ3) is 10.1. The molecular weight excluding hydrogens is 464 g/mol. The smallest absolute Gasteiger partial charge is 0.326 e. The summed E-state index contributed by atoms with van der Waals surface area (Å²) in [6, 6.07) is 5.03. The van der Waals surface area contributed by atoms with Crippen molar-refractivity contribution < 1.29 is 24.3 Å². The molecule has 1 rings (SSSR count). The van der Waals surface area contributed by atoms with Crippen LogP contribution in [0.4, 0.5) is 0 Å². The Bertz CT molecular complexity index is 794. The first kappa shape index (κ1) is 28.8. The molecule has 11 heteroatoms. The van der Waals surface area contributed by atoms with E-state index in [1.807, 2.05) is 12.3 Å². The highest BCUT2D eigenvalue weighted by Crippen LogP contribution is 2.07. The van der Waals surface area contributed by atoms with E-state index in [1.165, 1.54) is 11.8 Å². The molecule has 0 heterocycles. The first-order valence-corrected chi connectivity index (χ1v) is 12.7. The van der Waals surface area contributed by atoms with Crippen LogP contribution in [0.3, 0.4) is 0 Å². The van der Waals surface area contributed by atoms with Crippen LogP contribution in [-0.2, 0) is 25.6 Å². The van der Waals surface area contributed by atoms with E-state index in [0.717, 1.165) is 5.56 Å². The predicted octanol–water partition coefficient (Wildman–Crippen LogP) is 0.434. The van der Waals surface area contributed by atoms with Crippen molar-refractivity contribution in [3.63, 3.8) is 0 Å². The zero-order valence-electron chi connectivity index (χ0n) is 19.1. The molecule has 0 aliphatic carbocycles. The Kier molecular flexibility index (Phi) is 12.9. The molecule has 0 aliphatic rings. The molecule has 1 aromatic rings. The van der Waals surface area contributed by atoms with Crippen LogP contribution in [0.15, 0.2) is 30.3 Å². The molecule has 4 unspecified atom stereocenters. The Morgan fingerprint density at radius 1 is 0.970 bits per heavy atom. The Morgan fingerprint density at radius 3 is 2.03 bits per heavy atom. The first-order valence-electron chi connectivity index (χ1n) is 10.6. The van der Waals surface area contributed by atoms with Gasteiger partial charge in [-0.2, -0.15) is 24.4 Å². The molecule has 0 bridgehead atoms. The Hall–Kier alpha value is -2.24. The van der Waals surface area contributed by atoms with Gasteiger partial charge in [-0.1, -0.05) is 44.2 Å². The number of hydrogen-bond donors (Lipinski definition) is 6. The third-order valence-corrected chi connectivity index (χ3v) is 5.99. The van der Waals surface area contributed by atoms with E-state index in [-0.39, 0.29) is 24.5 Å². The minimum absolute atomic E-state index is 0.00497. The molecule has 184 valence electrons. The number of thiol groups is 1. The lowest BCUT2D eigenvalue weighted by Gasteiger charge is -2.25. The SMILES string of the molecule is CSCCC(NC(=O)C(CS)NC(=O)C(N)C(C)C)C(=O)NC(Cc1ccccc1)C(=O)O. The minimum atomic E-state index is -1.18. The highest BCUT2D eigenvalue weighted by Gasteiger charge is 2.30. The number of nitrogens with one attached hydrogen (secondary N) is 3. The van der Waals surface area contributed by atoms with Crippen molar-refractivity contribution in [3.8, 4) is 0 Å². The predicted molar refractivity (Wildman–Crippen MR) is 133 cm³/mol. The molecule has 0 radical (unpaired) electrons. The summed E-state index contributed by atoms with van der Waals surface area (Å²) in [6.07, 6.45) is 2.25. The number of carboxylic acids is 1. The van der Waals surface area contributed by atoms with Crippen molar-refractivity contribution in [2.45, 2.75) is 50.9 Å². The maximum Gasteiger partial charge on any atom is 0.326 e. The van der Waals surface area contributed by atoms with E-state index in [1.54, 1.807) is 38.1 Å². The molecule has 0 saturated heterocycles. The van der Waals surface area contributed by atoms with Crippen molar-refractivity contribution in [1.82, 2.24) is 16.0 Å². The molecule has 0 aliphatic heterocycles. The van der Waals surface area contributed by atoms with Gasteiger partial charge in [0.05, 0.1) is 6.04 Å². The van der Waals surface area contributed by atoms with Crippen molar-refractivity contribution in [3.05, 3.63) is 35.9 Å². The van der Waals surface area contributed by atoms with Crippen LogP contribution in [0.5, 0.6) is 0 Å². The zero-order chi connectivity index (χ0) is 25.0. The van der Waals surface area contributed by atoms with Gasteiger partial charge in [0.25, 0.3) is 0 Å². The van der Waals surface area contributed by atoms with Crippen LogP contribution in [0, 0.1) is 5.92 Å². The number of nitrogens with two attached hydrogens (primary N) is 1. The maximum atomic E-state index is 12.9. The molecule has 0 fully saturated rings. The van der Waals surface area contributed by atoms with E-state index in [9.17, 15) is 24.3 Å². The van der Waals surface area contributed by atoms with Crippen LogP contribution in [0.1, 0.15) is 25.8 Å². The average Bonchev–Trinajstić information content (AvgIpc) is 2.79. The average molecular weight is 499 g/mol. The highest BCUT2D eigenvalue weighted by atomic mass is 32.2. The molecule has 4 atom stereocenters. The maximum absolute atomic E-state index is 12.9. The van der Waals surface area contributed by atoms with Gasteiger partial charge in [-0.15, -0.1) is 0 Å². The fraction of sp³-hybridized carbons (Fsp3) is 0.545. The van der Waals surface area contributed by atoms with Crippen molar-refractivity contribution >= 4 is 48.1 Å². The number of carboxylic acid groups (broad SMARTS) is 1. The summed E-state index contributed by atoms with van der Waals surface area (Å²) in [6.45, 7) is 3.58. The van der Waals surface area contributed by atoms with E-state index in [4.69, 9.17) is 5.73 Å². The van der Waals surface area contributed by atoms with Gasteiger partial charge in [0, 0.05) is 12.2 Å². The summed E-state index contributed by atoms with van der Waals surface area (Å²) in [4.78, 5) is 49.6. The van der Waals surface area contributed by atoms with Crippen molar-refractivity contribution in [2.24, 2.45) is 11.7 Å². The van der Waals surface area contributed by atoms with Gasteiger partial charge in [-0.3, -0.25) is 14.4 Å². The minimum Gasteiger partial charge on any atom is -0.480 e. The normalized spacial score (nSPS) is 14.6. The van der Waals surface area contributed by atoms with Crippen molar-refractivity contribution in [2.75, 3.05) is 17.8 Å². The lowest BCUT2D eigenvalue weighted by Crippen LogP contribution is -2.58. The van der Waals surface area contributed by atoms with E-state index in [0.29, 0.717) is 5.75 Å². The monoisotopic (exact) mass is 498 g/mol. The van der Waals surface area contributed by atoms with Gasteiger partial charge < -0.3 is 26.8 Å². The summed E-state index contributed by atoms with van der Waals surface area (Å²) in [7, 11) is 0. The molecule has 0 spiro atoms. The molecule has 0 aromatic heterocycles. The summed E-state index contributed by atoms with van der Waals surface area (Å²) in [5, 5.41) is 17.3. The number of carbonyl (C=O) groups excluding carboxylic acids is 3. The summed E-state index contributed by atoms with van der Waals surface area (Å²) in [5.74, 6) is -2.42. The second kappa shape index (κ2) is 14.8. The second-order valence-corrected chi connectivity index (χ2v) is 9.30. The Morgan fingerprint density at radius 2 is 1.52 bits per heavy atom. The second-order valence-electron chi connectivity index (χ2n) is 7.95. The van der Waals surface area contributed by atoms with Gasteiger partial charge in [0.15, 0.2) is 0 Å². The number of amides is 3. The quantitative estimate of drug-likeness (QED) is 0.204. The topological polar surface area (TPSA) is 151 Å². The number of benzene rings is 1. The number of hydrogen-bond acceptors (Lipinski definition) is 7. The summed E-state index contributed by atoms with van der Waals surface area (Å²) < 4.78 is 0. The number of thioether (sulfide) groups is 1. The van der Waals surface area contributed by atoms with Gasteiger partial charge in [-0.25, -0.2) is 4.79 Å². The number of rotatable bonds is 14. The van der Waals surface area contributed by atoms with Gasteiger partial charge >= 0.3 is 5.97 Å². The van der Waals surface area contributed by atoms with Crippen LogP contribution < -0.4 is 21.7 Å². The van der Waals surface area contributed by atoms with Crippen LogP contribution in [0.25, 0.3) is 0 Å². The van der Waals surface area contributed by atoms with Gasteiger partial charge in [-0.05, 0) is 29.9 Å². The van der Waals surface area contributed by atoms with E-state index in [2.05, 4.69) is 28.6 Å². The largest absolute Gasteiger partial charge is 0.480 e. The van der Waals surface area contributed by atoms with Crippen LogP contribution >= 0.6 is 24.4 Å². The molecule has 3 amide bonds. The first-order chi connectivity index (χ1) is 15.6. The lowest BCUT2D eigenvalue weighted by molar-refractivity contribution is -0.142. The standard InChI is InChI=1S/C22H34N4O5S2/c1-13(2)18(23)21(29)26-17(12-32)20(28)24-15(9-10-33-3)19(27)25-16(22(30)31)11-14-7-5-4-6-8-14/h4-8,13,15-18,32H,9-12,23H2,1-3H3,(H,24,28)(H,25,27)(H,26,29)(H,30,31). The lowest BCUT2D eigenvalue weighted by atomic mass is 10.0. The number of aliphatic carboxylic acids is 1. The molecule has 1 aromatic carbocycles.